The molecule has 0 N–H and O–H groups in total. The molecule has 0 atom stereocenters. The molecule has 0 saturated carbocycles. The molecule has 1 heterocycles. The van der Waals surface area contributed by atoms with Crippen molar-refractivity contribution in [3.8, 4) is 67.5 Å². The SMILES string of the molecule is CC1(C)c2ccccc2-c2ccc(-c3c4ccccc4c(-c4nc(-c5ccccc5)nc(-c5ccccc5)n4)c4ccc(-c5cccc6ccccc56)cc34)cc21. The van der Waals surface area contributed by atoms with E-state index in [-0.39, 0.29) is 5.41 Å². The molecule has 0 spiro atoms. The molecule has 57 heavy (non-hydrogen) atoms. The maximum absolute atomic E-state index is 5.29. The van der Waals surface area contributed by atoms with Crippen molar-refractivity contribution >= 4 is 32.3 Å². The first-order valence-corrected chi connectivity index (χ1v) is 19.6. The summed E-state index contributed by atoms with van der Waals surface area (Å²) >= 11 is 0. The normalized spacial score (nSPS) is 12.9. The molecule has 1 aromatic heterocycles. The highest BCUT2D eigenvalue weighted by atomic mass is 15.0. The zero-order chi connectivity index (χ0) is 38.1. The van der Waals surface area contributed by atoms with Gasteiger partial charge in [0.05, 0.1) is 0 Å². The second-order valence-electron chi connectivity index (χ2n) is 15.6. The molecule has 11 rings (SSSR count). The van der Waals surface area contributed by atoms with E-state index in [1.807, 2.05) is 36.4 Å². The van der Waals surface area contributed by atoms with Crippen molar-refractivity contribution in [1.82, 2.24) is 15.0 Å². The predicted octanol–water partition coefficient (Wildman–Crippen LogP) is 14.0. The van der Waals surface area contributed by atoms with Crippen molar-refractivity contribution in [2.75, 3.05) is 0 Å². The molecule has 0 amide bonds. The summed E-state index contributed by atoms with van der Waals surface area (Å²) in [6.07, 6.45) is 0. The summed E-state index contributed by atoms with van der Waals surface area (Å²) < 4.78 is 0. The van der Waals surface area contributed by atoms with Crippen LogP contribution in [0.4, 0.5) is 0 Å². The van der Waals surface area contributed by atoms with Gasteiger partial charge in [-0.1, -0.05) is 190 Å². The van der Waals surface area contributed by atoms with Crippen molar-refractivity contribution in [2.45, 2.75) is 19.3 Å². The molecule has 3 nitrogen and oxygen atoms in total. The first-order chi connectivity index (χ1) is 28.0. The fourth-order valence-electron chi connectivity index (χ4n) is 9.16. The summed E-state index contributed by atoms with van der Waals surface area (Å²) in [7, 11) is 0. The molecule has 0 fully saturated rings. The van der Waals surface area contributed by atoms with E-state index < -0.39 is 0 Å². The summed E-state index contributed by atoms with van der Waals surface area (Å²) in [4.78, 5) is 15.6. The van der Waals surface area contributed by atoms with Crippen LogP contribution in [0.3, 0.4) is 0 Å². The summed E-state index contributed by atoms with van der Waals surface area (Å²) in [5.74, 6) is 1.95. The summed E-state index contributed by atoms with van der Waals surface area (Å²) in [5.41, 5.74) is 12.9. The topological polar surface area (TPSA) is 38.7 Å². The fraction of sp³-hybridized carbons (Fsp3) is 0.0556. The lowest BCUT2D eigenvalue weighted by atomic mass is 9.80. The van der Waals surface area contributed by atoms with Gasteiger partial charge < -0.3 is 0 Å². The van der Waals surface area contributed by atoms with Crippen molar-refractivity contribution in [3.63, 3.8) is 0 Å². The molecular formula is C54H37N3. The van der Waals surface area contributed by atoms with E-state index >= 15 is 0 Å². The minimum atomic E-state index is -0.131. The van der Waals surface area contributed by atoms with Crippen LogP contribution in [-0.2, 0) is 5.41 Å². The molecule has 1 aliphatic carbocycles. The van der Waals surface area contributed by atoms with Gasteiger partial charge in [0.2, 0.25) is 0 Å². The fourth-order valence-corrected chi connectivity index (χ4v) is 9.16. The summed E-state index contributed by atoms with van der Waals surface area (Å²) in [6.45, 7) is 4.71. The molecule has 0 unspecified atom stereocenters. The van der Waals surface area contributed by atoms with E-state index in [4.69, 9.17) is 15.0 Å². The monoisotopic (exact) mass is 727 g/mol. The Bertz CT molecular complexity index is 3140. The van der Waals surface area contributed by atoms with E-state index in [0.717, 1.165) is 38.2 Å². The average Bonchev–Trinajstić information content (AvgIpc) is 3.50. The van der Waals surface area contributed by atoms with Crippen LogP contribution in [0.15, 0.2) is 188 Å². The highest BCUT2D eigenvalue weighted by Gasteiger charge is 2.35. The van der Waals surface area contributed by atoms with E-state index in [2.05, 4.69) is 166 Å². The third-order valence-electron chi connectivity index (χ3n) is 11.9. The van der Waals surface area contributed by atoms with Crippen molar-refractivity contribution in [3.05, 3.63) is 199 Å². The van der Waals surface area contributed by atoms with Crippen LogP contribution in [0.2, 0.25) is 0 Å². The van der Waals surface area contributed by atoms with Crippen LogP contribution in [0.1, 0.15) is 25.0 Å². The number of hydrogen-bond acceptors (Lipinski definition) is 3. The van der Waals surface area contributed by atoms with Crippen LogP contribution in [0, 0.1) is 0 Å². The van der Waals surface area contributed by atoms with Gasteiger partial charge in [-0.2, -0.15) is 0 Å². The number of benzene rings is 9. The summed E-state index contributed by atoms with van der Waals surface area (Å²) in [5, 5.41) is 6.97. The Hall–Kier alpha value is -7.23. The lowest BCUT2D eigenvalue weighted by Crippen LogP contribution is -2.14. The van der Waals surface area contributed by atoms with Gasteiger partial charge in [-0.25, -0.2) is 15.0 Å². The molecule has 268 valence electrons. The molecule has 9 aromatic carbocycles. The van der Waals surface area contributed by atoms with Crippen LogP contribution in [-0.4, -0.2) is 15.0 Å². The van der Waals surface area contributed by atoms with E-state index in [1.54, 1.807) is 0 Å². The maximum Gasteiger partial charge on any atom is 0.165 e. The van der Waals surface area contributed by atoms with Crippen LogP contribution in [0.5, 0.6) is 0 Å². The Balaban J connectivity index is 1.24. The Morgan fingerprint density at radius 2 is 0.842 bits per heavy atom. The largest absolute Gasteiger partial charge is 0.208 e. The molecule has 0 bridgehead atoms. The van der Waals surface area contributed by atoms with E-state index in [0.29, 0.717) is 17.5 Å². The molecule has 10 aromatic rings. The van der Waals surface area contributed by atoms with E-state index in [1.165, 1.54) is 55.3 Å². The minimum absolute atomic E-state index is 0.131. The Morgan fingerprint density at radius 3 is 1.58 bits per heavy atom. The Morgan fingerprint density at radius 1 is 0.316 bits per heavy atom. The quantitative estimate of drug-likeness (QED) is 0.166. The van der Waals surface area contributed by atoms with Crippen molar-refractivity contribution in [2.24, 2.45) is 0 Å². The van der Waals surface area contributed by atoms with Crippen LogP contribution >= 0.6 is 0 Å². The zero-order valence-electron chi connectivity index (χ0n) is 31.7. The highest BCUT2D eigenvalue weighted by molar-refractivity contribution is 6.22. The van der Waals surface area contributed by atoms with Gasteiger partial charge >= 0.3 is 0 Å². The summed E-state index contributed by atoms with van der Waals surface area (Å²) in [6, 6.07) is 67.4. The lowest BCUT2D eigenvalue weighted by Gasteiger charge is -2.23. The van der Waals surface area contributed by atoms with Crippen molar-refractivity contribution in [1.29, 1.82) is 0 Å². The second-order valence-corrected chi connectivity index (χ2v) is 15.6. The van der Waals surface area contributed by atoms with Crippen molar-refractivity contribution < 1.29 is 0 Å². The van der Waals surface area contributed by atoms with Gasteiger partial charge in [-0.3, -0.25) is 0 Å². The van der Waals surface area contributed by atoms with Crippen LogP contribution in [0.25, 0.3) is 99.9 Å². The lowest BCUT2D eigenvalue weighted by molar-refractivity contribution is 0.660. The third-order valence-corrected chi connectivity index (χ3v) is 11.9. The molecule has 0 radical (unpaired) electrons. The van der Waals surface area contributed by atoms with Gasteiger partial charge in [0, 0.05) is 22.1 Å². The van der Waals surface area contributed by atoms with Crippen LogP contribution < -0.4 is 0 Å². The highest BCUT2D eigenvalue weighted by Crippen LogP contribution is 2.51. The van der Waals surface area contributed by atoms with Gasteiger partial charge in [-0.05, 0) is 89.0 Å². The number of rotatable bonds is 5. The second kappa shape index (κ2) is 12.9. The first-order valence-electron chi connectivity index (χ1n) is 19.6. The van der Waals surface area contributed by atoms with Gasteiger partial charge in [0.15, 0.2) is 17.5 Å². The number of hydrogen-bond donors (Lipinski definition) is 0. The average molecular weight is 728 g/mol. The first kappa shape index (κ1) is 33.1. The van der Waals surface area contributed by atoms with Gasteiger partial charge in [-0.15, -0.1) is 0 Å². The molecular weight excluding hydrogens is 691 g/mol. The Kier molecular flexibility index (Phi) is 7.52. The van der Waals surface area contributed by atoms with Gasteiger partial charge in [0.1, 0.15) is 0 Å². The standard InChI is InChI=1S/C54H37N3/c1-54(2)47-27-14-13-23-41(47)42-30-29-38(33-48(42)54)49-43-24-11-12-25-44(43)50(45-31-28-37(32-46(45)49)40-26-15-21-34-16-9-10-22-39(34)40)53-56-51(35-17-5-3-6-18-35)55-52(57-53)36-19-7-4-8-20-36/h3-33H,1-2H3. The molecule has 1 aliphatic rings. The number of aromatic nitrogens is 3. The molecule has 0 saturated heterocycles. The van der Waals surface area contributed by atoms with E-state index in [9.17, 15) is 0 Å². The predicted molar refractivity (Wildman–Crippen MR) is 237 cm³/mol. The molecule has 3 heteroatoms. The minimum Gasteiger partial charge on any atom is -0.208 e. The smallest absolute Gasteiger partial charge is 0.165 e. The molecule has 0 aliphatic heterocycles. The van der Waals surface area contributed by atoms with Gasteiger partial charge in [0.25, 0.3) is 0 Å². The number of nitrogens with zero attached hydrogens (tertiary/aromatic N) is 3. The maximum atomic E-state index is 5.29. The Labute approximate surface area is 332 Å². The third kappa shape index (κ3) is 5.31. The zero-order valence-corrected chi connectivity index (χ0v) is 31.7. The number of fused-ring (bicyclic) bond motifs is 6.